The molecule has 0 saturated heterocycles. The third-order valence-corrected chi connectivity index (χ3v) is 2.99. The average molecular weight is 233 g/mol. The summed E-state index contributed by atoms with van der Waals surface area (Å²) in [6.45, 7) is 10.2. The maximum Gasteiger partial charge on any atom is 0.00104 e. The van der Waals surface area contributed by atoms with E-state index in [0.717, 1.165) is 18.4 Å². The zero-order valence-corrected chi connectivity index (χ0v) is 11.7. The molecule has 0 radical (unpaired) electrons. The van der Waals surface area contributed by atoms with Gasteiger partial charge in [-0.1, -0.05) is 58.0 Å². The van der Waals surface area contributed by atoms with Gasteiger partial charge in [0.05, 0.1) is 0 Å². The van der Waals surface area contributed by atoms with Gasteiger partial charge in [-0.15, -0.1) is 0 Å². The fraction of sp³-hybridized carbons (Fsp3) is 0.625. The van der Waals surface area contributed by atoms with Crippen molar-refractivity contribution >= 4 is 0 Å². The molecule has 0 fully saturated rings. The second-order valence-corrected chi connectivity index (χ2v) is 5.75. The first-order valence-electron chi connectivity index (χ1n) is 6.85. The van der Waals surface area contributed by atoms with Crippen molar-refractivity contribution in [2.45, 2.75) is 46.6 Å². The quantitative estimate of drug-likeness (QED) is 0.753. The number of benzene rings is 1. The van der Waals surface area contributed by atoms with Crippen LogP contribution in [0.15, 0.2) is 30.3 Å². The van der Waals surface area contributed by atoms with Crippen LogP contribution in [0.4, 0.5) is 0 Å². The molecule has 0 amide bonds. The molecule has 1 unspecified atom stereocenters. The van der Waals surface area contributed by atoms with E-state index in [-0.39, 0.29) is 0 Å². The lowest BCUT2D eigenvalue weighted by Gasteiger charge is -2.21. The van der Waals surface area contributed by atoms with Crippen LogP contribution in [-0.2, 0) is 6.42 Å². The first-order valence-corrected chi connectivity index (χ1v) is 6.85. The van der Waals surface area contributed by atoms with Crippen LogP contribution in [0.3, 0.4) is 0 Å². The van der Waals surface area contributed by atoms with Crippen molar-refractivity contribution in [2.24, 2.45) is 11.8 Å². The Hall–Kier alpha value is -0.820. The van der Waals surface area contributed by atoms with Crippen LogP contribution < -0.4 is 5.32 Å². The third kappa shape index (κ3) is 6.48. The van der Waals surface area contributed by atoms with Gasteiger partial charge in [-0.05, 0) is 36.8 Å². The Morgan fingerprint density at radius 3 is 2.18 bits per heavy atom. The SMILES string of the molecule is CC(C)CC(CNC(C)C)Cc1ccccc1. The molecule has 0 saturated carbocycles. The molecule has 17 heavy (non-hydrogen) atoms. The fourth-order valence-corrected chi connectivity index (χ4v) is 2.26. The predicted molar refractivity (Wildman–Crippen MR) is 76.2 cm³/mol. The molecule has 1 N–H and O–H groups in total. The summed E-state index contributed by atoms with van der Waals surface area (Å²) in [7, 11) is 0. The van der Waals surface area contributed by atoms with Gasteiger partial charge in [-0.25, -0.2) is 0 Å². The molecule has 0 heterocycles. The van der Waals surface area contributed by atoms with Crippen molar-refractivity contribution in [3.63, 3.8) is 0 Å². The minimum atomic E-state index is 0.584. The van der Waals surface area contributed by atoms with Gasteiger partial charge in [0.2, 0.25) is 0 Å². The van der Waals surface area contributed by atoms with Crippen molar-refractivity contribution in [1.29, 1.82) is 0 Å². The summed E-state index contributed by atoms with van der Waals surface area (Å²) >= 11 is 0. The Morgan fingerprint density at radius 2 is 1.65 bits per heavy atom. The summed E-state index contributed by atoms with van der Waals surface area (Å²) in [4.78, 5) is 0. The molecule has 1 heteroatoms. The minimum absolute atomic E-state index is 0.584. The molecule has 0 bridgehead atoms. The van der Waals surface area contributed by atoms with E-state index in [1.165, 1.54) is 18.4 Å². The zero-order valence-electron chi connectivity index (χ0n) is 11.7. The van der Waals surface area contributed by atoms with Crippen molar-refractivity contribution in [3.05, 3.63) is 35.9 Å². The van der Waals surface area contributed by atoms with Crippen LogP contribution in [-0.4, -0.2) is 12.6 Å². The van der Waals surface area contributed by atoms with E-state index in [9.17, 15) is 0 Å². The predicted octanol–water partition coefficient (Wildman–Crippen LogP) is 3.89. The molecular formula is C16H27N. The second-order valence-electron chi connectivity index (χ2n) is 5.75. The first-order chi connectivity index (χ1) is 8.08. The lowest BCUT2D eigenvalue weighted by atomic mass is 9.91. The summed E-state index contributed by atoms with van der Waals surface area (Å²) in [6, 6.07) is 11.4. The standard InChI is InChI=1S/C16H27N/c1-13(2)10-16(12-17-14(3)4)11-15-8-6-5-7-9-15/h5-9,13-14,16-17H,10-12H2,1-4H3. The maximum atomic E-state index is 3.57. The third-order valence-electron chi connectivity index (χ3n) is 2.99. The number of rotatable bonds is 7. The monoisotopic (exact) mass is 233 g/mol. The van der Waals surface area contributed by atoms with Gasteiger partial charge >= 0.3 is 0 Å². The van der Waals surface area contributed by atoms with Gasteiger partial charge in [-0.3, -0.25) is 0 Å². The van der Waals surface area contributed by atoms with Crippen LogP contribution in [0, 0.1) is 11.8 Å². The molecular weight excluding hydrogens is 206 g/mol. The van der Waals surface area contributed by atoms with Crippen molar-refractivity contribution < 1.29 is 0 Å². The summed E-state index contributed by atoms with van der Waals surface area (Å²) in [5.41, 5.74) is 1.46. The van der Waals surface area contributed by atoms with Crippen molar-refractivity contribution in [2.75, 3.05) is 6.54 Å². The van der Waals surface area contributed by atoms with Crippen LogP contribution in [0.2, 0.25) is 0 Å². The smallest absolute Gasteiger partial charge is 0.00104 e. The highest BCUT2D eigenvalue weighted by atomic mass is 14.9. The largest absolute Gasteiger partial charge is 0.314 e. The molecule has 0 aliphatic rings. The molecule has 1 aromatic rings. The zero-order chi connectivity index (χ0) is 12.7. The highest BCUT2D eigenvalue weighted by molar-refractivity contribution is 5.15. The highest BCUT2D eigenvalue weighted by Crippen LogP contribution is 2.16. The van der Waals surface area contributed by atoms with E-state index < -0.39 is 0 Å². The van der Waals surface area contributed by atoms with E-state index in [1.54, 1.807) is 0 Å². The molecule has 0 aliphatic heterocycles. The molecule has 96 valence electrons. The fourth-order valence-electron chi connectivity index (χ4n) is 2.26. The minimum Gasteiger partial charge on any atom is -0.314 e. The normalized spacial score (nSPS) is 13.3. The van der Waals surface area contributed by atoms with E-state index in [4.69, 9.17) is 0 Å². The van der Waals surface area contributed by atoms with Gasteiger partial charge < -0.3 is 5.32 Å². The van der Waals surface area contributed by atoms with E-state index in [2.05, 4.69) is 63.3 Å². The molecule has 0 aliphatic carbocycles. The van der Waals surface area contributed by atoms with E-state index in [1.807, 2.05) is 0 Å². The van der Waals surface area contributed by atoms with Crippen molar-refractivity contribution in [1.82, 2.24) is 5.32 Å². The Balaban J connectivity index is 2.51. The van der Waals surface area contributed by atoms with Crippen molar-refractivity contribution in [3.8, 4) is 0 Å². The summed E-state index contributed by atoms with van der Waals surface area (Å²) in [5, 5.41) is 3.57. The average Bonchev–Trinajstić information content (AvgIpc) is 2.26. The van der Waals surface area contributed by atoms with Crippen LogP contribution in [0.5, 0.6) is 0 Å². The molecule has 1 aromatic carbocycles. The summed E-state index contributed by atoms with van der Waals surface area (Å²) < 4.78 is 0. The van der Waals surface area contributed by atoms with Gasteiger partial charge in [0.25, 0.3) is 0 Å². The van der Waals surface area contributed by atoms with Gasteiger partial charge in [0.15, 0.2) is 0 Å². The maximum absolute atomic E-state index is 3.57. The van der Waals surface area contributed by atoms with Crippen LogP contribution in [0.25, 0.3) is 0 Å². The molecule has 0 aromatic heterocycles. The Bertz CT molecular complexity index is 290. The van der Waals surface area contributed by atoms with Crippen LogP contribution >= 0.6 is 0 Å². The molecule has 1 rings (SSSR count). The Morgan fingerprint density at radius 1 is 1.00 bits per heavy atom. The van der Waals surface area contributed by atoms with Gasteiger partial charge in [-0.2, -0.15) is 0 Å². The van der Waals surface area contributed by atoms with E-state index in [0.29, 0.717) is 6.04 Å². The van der Waals surface area contributed by atoms with Crippen LogP contribution in [0.1, 0.15) is 39.7 Å². The molecule has 0 spiro atoms. The van der Waals surface area contributed by atoms with Gasteiger partial charge in [0.1, 0.15) is 0 Å². The second kappa shape index (κ2) is 7.50. The Kier molecular flexibility index (Phi) is 6.28. The molecule has 1 atom stereocenters. The molecule has 1 nitrogen and oxygen atoms in total. The first kappa shape index (κ1) is 14.2. The lowest BCUT2D eigenvalue weighted by molar-refractivity contribution is 0.373. The summed E-state index contributed by atoms with van der Waals surface area (Å²) in [5.74, 6) is 1.53. The number of hydrogen-bond donors (Lipinski definition) is 1. The topological polar surface area (TPSA) is 12.0 Å². The number of nitrogens with one attached hydrogen (secondary N) is 1. The van der Waals surface area contributed by atoms with E-state index >= 15 is 0 Å². The Labute approximate surface area is 107 Å². The van der Waals surface area contributed by atoms with Gasteiger partial charge in [0, 0.05) is 6.04 Å². The lowest BCUT2D eigenvalue weighted by Crippen LogP contribution is -2.30. The summed E-state index contributed by atoms with van der Waals surface area (Å²) in [6.07, 6.45) is 2.49. The number of hydrogen-bond acceptors (Lipinski definition) is 1. The highest BCUT2D eigenvalue weighted by Gasteiger charge is 2.12.